The molecule has 1 heterocycles. The molecule has 26 heavy (non-hydrogen) atoms. The van der Waals surface area contributed by atoms with E-state index in [-0.39, 0.29) is 31.1 Å². The van der Waals surface area contributed by atoms with Crippen molar-refractivity contribution in [3.63, 3.8) is 0 Å². The van der Waals surface area contributed by atoms with Gasteiger partial charge >= 0.3 is 6.09 Å². The van der Waals surface area contributed by atoms with Crippen LogP contribution in [0, 0.1) is 11.7 Å². The van der Waals surface area contributed by atoms with Crippen molar-refractivity contribution in [1.29, 1.82) is 0 Å². The van der Waals surface area contributed by atoms with Crippen molar-refractivity contribution >= 4 is 18.5 Å². The van der Waals surface area contributed by atoms with Crippen LogP contribution in [0.3, 0.4) is 0 Å². The lowest BCUT2D eigenvalue weighted by molar-refractivity contribution is 0.0706. The summed E-state index contributed by atoms with van der Waals surface area (Å²) in [5.41, 5.74) is 0.332. The van der Waals surface area contributed by atoms with Crippen molar-refractivity contribution in [3.8, 4) is 5.75 Å². The highest BCUT2D eigenvalue weighted by Gasteiger charge is 2.26. The average molecular weight is 389 g/mol. The van der Waals surface area contributed by atoms with Gasteiger partial charge in [-0.25, -0.2) is 9.18 Å². The Bertz CT molecular complexity index is 572. The van der Waals surface area contributed by atoms with Gasteiger partial charge in [-0.3, -0.25) is 0 Å². The van der Waals surface area contributed by atoms with Crippen LogP contribution in [0.15, 0.2) is 18.2 Å². The predicted octanol–water partition coefficient (Wildman–Crippen LogP) is 3.99. The minimum atomic E-state index is -0.392. The zero-order chi connectivity index (χ0) is 18.2. The van der Waals surface area contributed by atoms with Gasteiger partial charge in [0.2, 0.25) is 0 Å². The molecular weight excluding hydrogens is 359 g/mol. The summed E-state index contributed by atoms with van der Waals surface area (Å²) in [5, 5.41) is 3.26. The first-order valence-corrected chi connectivity index (χ1v) is 9.06. The Kier molecular flexibility index (Phi) is 9.73. The first-order chi connectivity index (χ1) is 12.0. The van der Waals surface area contributed by atoms with Crippen molar-refractivity contribution < 1.29 is 18.7 Å². The SMILES string of the molecule is CCC1CNCCN1C(=O)OCc1cc(OCCC(C)C)ccc1F.Cl. The lowest BCUT2D eigenvalue weighted by atomic mass is 10.1. The topological polar surface area (TPSA) is 50.8 Å². The van der Waals surface area contributed by atoms with Crippen molar-refractivity contribution in [2.24, 2.45) is 5.92 Å². The standard InChI is InChI=1S/C19H29FN2O3.ClH/c1-4-16-12-21-8-9-22(16)19(23)25-13-15-11-17(5-6-18(15)20)24-10-7-14(2)3;/h5-6,11,14,16,21H,4,7-10,12-13H2,1-3H3;1H. The fraction of sp³-hybridized carbons (Fsp3) is 0.632. The fourth-order valence-electron chi connectivity index (χ4n) is 2.75. The molecular formula is C19H30ClFN2O3. The molecule has 0 aromatic heterocycles. The number of carbonyl (C=O) groups excluding carboxylic acids is 1. The normalized spacial score (nSPS) is 17.0. The molecule has 0 saturated carbocycles. The highest BCUT2D eigenvalue weighted by Crippen LogP contribution is 2.19. The third-order valence-electron chi connectivity index (χ3n) is 4.39. The number of hydrogen-bond acceptors (Lipinski definition) is 4. The van der Waals surface area contributed by atoms with Crippen LogP contribution in [0.25, 0.3) is 0 Å². The van der Waals surface area contributed by atoms with Gasteiger partial charge in [0.1, 0.15) is 18.2 Å². The van der Waals surface area contributed by atoms with Gasteiger partial charge in [-0.05, 0) is 37.0 Å². The van der Waals surface area contributed by atoms with E-state index in [2.05, 4.69) is 19.2 Å². The number of amides is 1. The quantitative estimate of drug-likeness (QED) is 0.767. The van der Waals surface area contributed by atoms with Crippen molar-refractivity contribution in [2.45, 2.75) is 46.3 Å². The summed E-state index contributed by atoms with van der Waals surface area (Å²) < 4.78 is 25.0. The smallest absolute Gasteiger partial charge is 0.410 e. The van der Waals surface area contributed by atoms with E-state index in [0.717, 1.165) is 25.9 Å². The molecule has 1 aromatic rings. The molecule has 1 atom stereocenters. The molecule has 1 saturated heterocycles. The minimum absolute atomic E-state index is 0. The molecule has 5 nitrogen and oxygen atoms in total. The molecule has 1 amide bonds. The van der Waals surface area contributed by atoms with E-state index in [4.69, 9.17) is 9.47 Å². The van der Waals surface area contributed by atoms with Gasteiger partial charge in [-0.15, -0.1) is 12.4 Å². The highest BCUT2D eigenvalue weighted by atomic mass is 35.5. The van der Waals surface area contributed by atoms with Crippen LogP contribution in [0.1, 0.15) is 39.2 Å². The summed E-state index contributed by atoms with van der Waals surface area (Å²) in [6, 6.07) is 4.69. The Morgan fingerprint density at radius 3 is 2.88 bits per heavy atom. The highest BCUT2D eigenvalue weighted by molar-refractivity contribution is 5.85. The van der Waals surface area contributed by atoms with E-state index in [1.807, 2.05) is 6.92 Å². The summed E-state index contributed by atoms with van der Waals surface area (Å²) in [5.74, 6) is 0.754. The molecule has 1 unspecified atom stereocenters. The molecule has 1 N–H and O–H groups in total. The number of piperazine rings is 1. The molecule has 0 bridgehead atoms. The van der Waals surface area contributed by atoms with E-state index in [1.165, 1.54) is 6.07 Å². The zero-order valence-electron chi connectivity index (χ0n) is 15.8. The fourth-order valence-corrected chi connectivity index (χ4v) is 2.75. The molecule has 2 rings (SSSR count). The van der Waals surface area contributed by atoms with Gasteiger partial charge in [0.05, 0.1) is 6.61 Å². The van der Waals surface area contributed by atoms with E-state index in [0.29, 0.717) is 30.4 Å². The van der Waals surface area contributed by atoms with E-state index < -0.39 is 5.82 Å². The molecule has 1 fully saturated rings. The van der Waals surface area contributed by atoms with Gasteiger partial charge in [0, 0.05) is 31.2 Å². The Morgan fingerprint density at radius 2 is 2.19 bits per heavy atom. The number of benzene rings is 1. The second-order valence-corrected chi connectivity index (χ2v) is 6.80. The zero-order valence-corrected chi connectivity index (χ0v) is 16.6. The van der Waals surface area contributed by atoms with Crippen LogP contribution in [0.2, 0.25) is 0 Å². The molecule has 0 aliphatic carbocycles. The third kappa shape index (κ3) is 6.65. The maximum Gasteiger partial charge on any atom is 0.410 e. The first-order valence-electron chi connectivity index (χ1n) is 9.06. The number of carbonyl (C=O) groups is 1. The Labute approximate surface area is 161 Å². The van der Waals surface area contributed by atoms with Gasteiger partial charge in [0.25, 0.3) is 0 Å². The number of hydrogen-bond donors (Lipinski definition) is 1. The Balaban J connectivity index is 0.00000338. The second kappa shape index (κ2) is 11.2. The number of rotatable bonds is 7. The number of nitrogens with one attached hydrogen (secondary N) is 1. The van der Waals surface area contributed by atoms with Crippen LogP contribution < -0.4 is 10.1 Å². The van der Waals surface area contributed by atoms with Crippen molar-refractivity contribution in [3.05, 3.63) is 29.6 Å². The predicted molar refractivity (Wildman–Crippen MR) is 102 cm³/mol. The van der Waals surface area contributed by atoms with Crippen LogP contribution >= 0.6 is 12.4 Å². The van der Waals surface area contributed by atoms with Gasteiger partial charge in [0.15, 0.2) is 0 Å². The summed E-state index contributed by atoms with van der Waals surface area (Å²) in [6.45, 7) is 8.90. The third-order valence-corrected chi connectivity index (χ3v) is 4.39. The molecule has 1 aliphatic heterocycles. The van der Waals surface area contributed by atoms with Crippen molar-refractivity contribution in [1.82, 2.24) is 10.2 Å². The number of halogens is 2. The van der Waals surface area contributed by atoms with E-state index in [1.54, 1.807) is 17.0 Å². The number of nitrogens with zero attached hydrogens (tertiary/aromatic N) is 1. The lowest BCUT2D eigenvalue weighted by Crippen LogP contribution is -2.53. The molecule has 1 aromatic carbocycles. The lowest BCUT2D eigenvalue weighted by Gasteiger charge is -2.34. The first kappa shape index (κ1) is 22.5. The van der Waals surface area contributed by atoms with Gasteiger partial charge in [-0.1, -0.05) is 20.8 Å². The largest absolute Gasteiger partial charge is 0.494 e. The van der Waals surface area contributed by atoms with Gasteiger partial charge in [-0.2, -0.15) is 0 Å². The van der Waals surface area contributed by atoms with Crippen molar-refractivity contribution in [2.75, 3.05) is 26.2 Å². The van der Waals surface area contributed by atoms with Gasteiger partial charge < -0.3 is 19.7 Å². The van der Waals surface area contributed by atoms with Crippen LogP contribution in [-0.2, 0) is 11.3 Å². The van der Waals surface area contributed by atoms with E-state index >= 15 is 0 Å². The van der Waals surface area contributed by atoms with Crippen LogP contribution in [-0.4, -0.2) is 43.3 Å². The Hall–Kier alpha value is -1.53. The second-order valence-electron chi connectivity index (χ2n) is 6.80. The summed E-state index contributed by atoms with van der Waals surface area (Å²) in [6.07, 6.45) is 1.40. The number of ether oxygens (including phenoxy) is 2. The van der Waals surface area contributed by atoms with E-state index in [9.17, 15) is 9.18 Å². The average Bonchev–Trinajstić information content (AvgIpc) is 2.61. The summed E-state index contributed by atoms with van der Waals surface area (Å²) in [7, 11) is 0. The molecule has 7 heteroatoms. The monoisotopic (exact) mass is 388 g/mol. The maximum atomic E-state index is 14.0. The molecule has 0 radical (unpaired) electrons. The minimum Gasteiger partial charge on any atom is -0.494 e. The maximum absolute atomic E-state index is 14.0. The molecule has 1 aliphatic rings. The Morgan fingerprint density at radius 1 is 1.42 bits per heavy atom. The molecule has 148 valence electrons. The summed E-state index contributed by atoms with van der Waals surface area (Å²) in [4.78, 5) is 14.0. The summed E-state index contributed by atoms with van der Waals surface area (Å²) >= 11 is 0. The van der Waals surface area contributed by atoms with Crippen LogP contribution in [0.4, 0.5) is 9.18 Å². The molecule has 0 spiro atoms. The van der Waals surface area contributed by atoms with Crippen LogP contribution in [0.5, 0.6) is 5.75 Å².